The first-order valence-electron chi connectivity index (χ1n) is 4.57. The normalized spacial score (nSPS) is 13.4. The lowest BCUT2D eigenvalue weighted by Crippen LogP contribution is -2.02. The van der Waals surface area contributed by atoms with Gasteiger partial charge in [-0.2, -0.15) is 0 Å². The van der Waals surface area contributed by atoms with E-state index >= 15 is 0 Å². The predicted molar refractivity (Wildman–Crippen MR) is 54.8 cm³/mol. The zero-order chi connectivity index (χ0) is 10.1. The van der Waals surface area contributed by atoms with Gasteiger partial charge in [-0.1, -0.05) is 18.5 Å². The Kier molecular flexibility index (Phi) is 2.52. The summed E-state index contributed by atoms with van der Waals surface area (Å²) in [5.41, 5.74) is 7.76. The van der Waals surface area contributed by atoms with Crippen molar-refractivity contribution in [3.8, 4) is 11.5 Å². The molecule has 14 heavy (non-hydrogen) atoms. The van der Waals surface area contributed by atoms with Gasteiger partial charge in [0.25, 0.3) is 0 Å². The van der Waals surface area contributed by atoms with Crippen LogP contribution in [-0.4, -0.2) is 6.79 Å². The highest BCUT2D eigenvalue weighted by Crippen LogP contribution is 2.43. The van der Waals surface area contributed by atoms with Gasteiger partial charge in [-0.25, -0.2) is 0 Å². The Hall–Kier alpha value is -0.930. The minimum Gasteiger partial charge on any atom is -0.453 e. The molecule has 0 aromatic heterocycles. The molecule has 1 aromatic carbocycles. The molecule has 2 rings (SSSR count). The topological polar surface area (TPSA) is 44.5 Å². The quantitative estimate of drug-likeness (QED) is 0.818. The number of fused-ring (bicyclic) bond motifs is 1. The molecule has 4 heteroatoms. The van der Waals surface area contributed by atoms with Crippen molar-refractivity contribution >= 4 is 11.6 Å². The minimum atomic E-state index is 0.246. The Morgan fingerprint density at radius 1 is 1.43 bits per heavy atom. The molecule has 1 aliphatic rings. The van der Waals surface area contributed by atoms with Gasteiger partial charge in [0.15, 0.2) is 11.5 Å². The van der Waals surface area contributed by atoms with Crippen molar-refractivity contribution in [2.75, 3.05) is 6.79 Å². The van der Waals surface area contributed by atoms with E-state index in [0.29, 0.717) is 17.3 Å². The molecule has 1 heterocycles. The minimum absolute atomic E-state index is 0.246. The molecule has 0 saturated heterocycles. The Balaban J connectivity index is 2.62. The molecule has 0 radical (unpaired) electrons. The van der Waals surface area contributed by atoms with Crippen LogP contribution in [0.3, 0.4) is 0 Å². The number of halogens is 1. The summed E-state index contributed by atoms with van der Waals surface area (Å²) in [5.74, 6) is 1.42. The first-order valence-corrected chi connectivity index (χ1v) is 4.95. The second kappa shape index (κ2) is 3.67. The van der Waals surface area contributed by atoms with Gasteiger partial charge in [-0.15, -0.1) is 0 Å². The van der Waals surface area contributed by atoms with Crippen LogP contribution in [0.4, 0.5) is 0 Å². The van der Waals surface area contributed by atoms with Crippen molar-refractivity contribution in [2.45, 2.75) is 19.9 Å². The summed E-state index contributed by atoms with van der Waals surface area (Å²) < 4.78 is 10.7. The van der Waals surface area contributed by atoms with E-state index in [1.54, 1.807) is 0 Å². The summed E-state index contributed by atoms with van der Waals surface area (Å²) in [5, 5.41) is 0.579. The second-order valence-electron chi connectivity index (χ2n) is 3.12. The van der Waals surface area contributed by atoms with Crippen LogP contribution in [0.25, 0.3) is 0 Å². The van der Waals surface area contributed by atoms with Crippen LogP contribution in [0.2, 0.25) is 5.02 Å². The van der Waals surface area contributed by atoms with Crippen LogP contribution in [0, 0.1) is 0 Å². The van der Waals surface area contributed by atoms with Crippen LogP contribution in [0.15, 0.2) is 6.07 Å². The van der Waals surface area contributed by atoms with Crippen molar-refractivity contribution in [2.24, 2.45) is 5.73 Å². The maximum absolute atomic E-state index is 6.02. The molecule has 0 unspecified atom stereocenters. The second-order valence-corrected chi connectivity index (χ2v) is 3.53. The molecule has 0 bridgehead atoms. The lowest BCUT2D eigenvalue weighted by Gasteiger charge is -2.10. The number of ether oxygens (including phenoxy) is 2. The van der Waals surface area contributed by atoms with Gasteiger partial charge in [-0.3, -0.25) is 0 Å². The molecule has 0 saturated carbocycles. The van der Waals surface area contributed by atoms with Crippen LogP contribution in [0.1, 0.15) is 18.1 Å². The first-order chi connectivity index (χ1) is 6.77. The maximum atomic E-state index is 6.02. The molecule has 2 N–H and O–H groups in total. The van der Waals surface area contributed by atoms with E-state index in [1.807, 2.05) is 6.07 Å². The summed E-state index contributed by atoms with van der Waals surface area (Å²) >= 11 is 6.02. The lowest BCUT2D eigenvalue weighted by molar-refractivity contribution is 0.173. The first kappa shape index (κ1) is 9.62. The molecule has 0 spiro atoms. The standard InChI is InChI=1S/C10H12ClNO2/c1-2-7-6(4-12)3-8(11)10-9(7)13-5-14-10/h3H,2,4-5,12H2,1H3. The van der Waals surface area contributed by atoms with E-state index in [2.05, 4.69) is 6.92 Å². The fraction of sp³-hybridized carbons (Fsp3) is 0.400. The van der Waals surface area contributed by atoms with Crippen LogP contribution in [-0.2, 0) is 13.0 Å². The van der Waals surface area contributed by atoms with E-state index in [4.69, 9.17) is 26.8 Å². The smallest absolute Gasteiger partial charge is 0.231 e. The van der Waals surface area contributed by atoms with Gasteiger partial charge in [0.2, 0.25) is 6.79 Å². The van der Waals surface area contributed by atoms with Gasteiger partial charge in [0, 0.05) is 12.1 Å². The third kappa shape index (κ3) is 1.33. The number of rotatable bonds is 2. The fourth-order valence-corrected chi connectivity index (χ4v) is 1.97. The van der Waals surface area contributed by atoms with Crippen LogP contribution < -0.4 is 15.2 Å². The summed E-state index contributed by atoms with van der Waals surface area (Å²) in [6.07, 6.45) is 0.870. The Morgan fingerprint density at radius 2 is 2.14 bits per heavy atom. The van der Waals surface area contributed by atoms with Crippen molar-refractivity contribution < 1.29 is 9.47 Å². The molecule has 3 nitrogen and oxygen atoms in total. The molecule has 0 aliphatic carbocycles. The number of benzene rings is 1. The molecule has 1 aromatic rings. The number of hydrogen-bond acceptors (Lipinski definition) is 3. The monoisotopic (exact) mass is 213 g/mol. The SMILES string of the molecule is CCc1c(CN)cc(Cl)c2c1OCO2. The van der Waals surface area contributed by atoms with Crippen molar-refractivity contribution in [3.05, 3.63) is 22.2 Å². The van der Waals surface area contributed by atoms with Gasteiger partial charge >= 0.3 is 0 Å². The van der Waals surface area contributed by atoms with E-state index in [0.717, 1.165) is 23.3 Å². The Morgan fingerprint density at radius 3 is 2.79 bits per heavy atom. The van der Waals surface area contributed by atoms with Gasteiger partial charge < -0.3 is 15.2 Å². The average Bonchev–Trinajstić information content (AvgIpc) is 2.66. The molecule has 0 atom stereocenters. The zero-order valence-electron chi connectivity index (χ0n) is 7.97. The highest BCUT2D eigenvalue weighted by atomic mass is 35.5. The fourth-order valence-electron chi connectivity index (χ4n) is 1.70. The van der Waals surface area contributed by atoms with Crippen LogP contribution >= 0.6 is 11.6 Å². The van der Waals surface area contributed by atoms with Gasteiger partial charge in [0.05, 0.1) is 5.02 Å². The average molecular weight is 214 g/mol. The highest BCUT2D eigenvalue weighted by molar-refractivity contribution is 6.32. The summed E-state index contributed by atoms with van der Waals surface area (Å²) in [6.45, 7) is 2.78. The van der Waals surface area contributed by atoms with E-state index in [1.165, 1.54) is 0 Å². The molecule has 76 valence electrons. The van der Waals surface area contributed by atoms with Gasteiger partial charge in [-0.05, 0) is 18.1 Å². The molecule has 0 fully saturated rings. The van der Waals surface area contributed by atoms with Crippen molar-refractivity contribution in [3.63, 3.8) is 0 Å². The molecular weight excluding hydrogens is 202 g/mol. The summed E-state index contributed by atoms with van der Waals surface area (Å²) in [6, 6.07) is 1.86. The summed E-state index contributed by atoms with van der Waals surface area (Å²) in [7, 11) is 0. The lowest BCUT2D eigenvalue weighted by atomic mass is 10.0. The van der Waals surface area contributed by atoms with Crippen molar-refractivity contribution in [1.29, 1.82) is 0 Å². The third-order valence-electron chi connectivity index (χ3n) is 2.37. The molecule has 0 amide bonds. The van der Waals surface area contributed by atoms with Gasteiger partial charge in [0.1, 0.15) is 0 Å². The predicted octanol–water partition coefficient (Wildman–Crippen LogP) is 2.09. The van der Waals surface area contributed by atoms with E-state index in [-0.39, 0.29) is 6.79 Å². The third-order valence-corrected chi connectivity index (χ3v) is 2.65. The molecular formula is C10H12ClNO2. The Bertz CT molecular complexity index is 366. The molecule has 1 aliphatic heterocycles. The Labute approximate surface area is 87.8 Å². The van der Waals surface area contributed by atoms with Crippen molar-refractivity contribution in [1.82, 2.24) is 0 Å². The summed E-state index contributed by atoms with van der Waals surface area (Å²) in [4.78, 5) is 0. The van der Waals surface area contributed by atoms with Crippen LogP contribution in [0.5, 0.6) is 11.5 Å². The number of nitrogens with two attached hydrogens (primary N) is 1. The maximum Gasteiger partial charge on any atom is 0.231 e. The van der Waals surface area contributed by atoms with E-state index < -0.39 is 0 Å². The number of hydrogen-bond donors (Lipinski definition) is 1. The zero-order valence-corrected chi connectivity index (χ0v) is 8.73. The largest absolute Gasteiger partial charge is 0.453 e. The van der Waals surface area contributed by atoms with E-state index in [9.17, 15) is 0 Å². The highest BCUT2D eigenvalue weighted by Gasteiger charge is 2.22.